The standard InChI is InChI=1S/C14H23N3O/c1-11(15)12-6-7-16-14(9-12)17-8-4-2-3-5-13(17)10-18/h6-7,9,11,13,18H,2-5,8,10,15H2,1H3/t11-,13?/m1/s1. The van der Waals surface area contributed by atoms with Gasteiger partial charge in [0.05, 0.1) is 12.6 Å². The van der Waals surface area contributed by atoms with Crippen LogP contribution in [0, 0.1) is 0 Å². The van der Waals surface area contributed by atoms with Gasteiger partial charge in [-0.2, -0.15) is 0 Å². The van der Waals surface area contributed by atoms with Gasteiger partial charge in [-0.05, 0) is 37.5 Å². The van der Waals surface area contributed by atoms with Gasteiger partial charge in [-0.3, -0.25) is 0 Å². The SMILES string of the molecule is C[C@@H](N)c1ccnc(N2CCCCCC2CO)c1. The first-order valence-electron chi connectivity index (χ1n) is 6.81. The summed E-state index contributed by atoms with van der Waals surface area (Å²) in [6, 6.07) is 4.23. The molecular weight excluding hydrogens is 226 g/mol. The van der Waals surface area contributed by atoms with Crippen LogP contribution >= 0.6 is 0 Å². The molecule has 1 aliphatic heterocycles. The van der Waals surface area contributed by atoms with E-state index in [1.54, 1.807) is 0 Å². The normalized spacial score (nSPS) is 22.6. The van der Waals surface area contributed by atoms with Crippen molar-refractivity contribution in [2.24, 2.45) is 5.73 Å². The molecule has 0 aromatic carbocycles. The Hall–Kier alpha value is -1.13. The van der Waals surface area contributed by atoms with E-state index in [1.807, 2.05) is 19.2 Å². The smallest absolute Gasteiger partial charge is 0.129 e. The number of pyridine rings is 1. The van der Waals surface area contributed by atoms with Gasteiger partial charge in [-0.1, -0.05) is 12.8 Å². The van der Waals surface area contributed by atoms with Gasteiger partial charge in [0.2, 0.25) is 0 Å². The molecule has 1 fully saturated rings. The number of aliphatic hydroxyl groups is 1. The van der Waals surface area contributed by atoms with Crippen LogP contribution in [-0.2, 0) is 0 Å². The van der Waals surface area contributed by atoms with Crippen LogP contribution in [0.3, 0.4) is 0 Å². The molecule has 4 heteroatoms. The number of nitrogens with zero attached hydrogens (tertiary/aromatic N) is 2. The van der Waals surface area contributed by atoms with Crippen LogP contribution in [0.2, 0.25) is 0 Å². The second-order valence-electron chi connectivity index (χ2n) is 5.12. The molecular formula is C14H23N3O. The third-order valence-electron chi connectivity index (χ3n) is 3.68. The van der Waals surface area contributed by atoms with Gasteiger partial charge in [0, 0.05) is 18.8 Å². The fourth-order valence-electron chi connectivity index (χ4n) is 2.54. The second-order valence-corrected chi connectivity index (χ2v) is 5.12. The molecule has 2 rings (SSSR count). The zero-order valence-corrected chi connectivity index (χ0v) is 11.0. The average Bonchev–Trinajstić information content (AvgIpc) is 2.63. The second kappa shape index (κ2) is 6.16. The van der Waals surface area contributed by atoms with Crippen molar-refractivity contribution in [1.82, 2.24) is 4.98 Å². The Morgan fingerprint density at radius 1 is 1.50 bits per heavy atom. The Kier molecular flexibility index (Phi) is 4.55. The summed E-state index contributed by atoms with van der Waals surface area (Å²) in [6.45, 7) is 3.15. The highest BCUT2D eigenvalue weighted by Gasteiger charge is 2.21. The molecule has 100 valence electrons. The molecule has 0 bridgehead atoms. The molecule has 2 heterocycles. The van der Waals surface area contributed by atoms with E-state index in [0.29, 0.717) is 0 Å². The predicted molar refractivity (Wildman–Crippen MR) is 73.5 cm³/mol. The summed E-state index contributed by atoms with van der Waals surface area (Å²) in [7, 11) is 0. The number of rotatable bonds is 3. The topological polar surface area (TPSA) is 62.4 Å². The predicted octanol–water partition coefficient (Wildman–Crippen LogP) is 1.84. The van der Waals surface area contributed by atoms with Gasteiger partial charge in [0.15, 0.2) is 0 Å². The lowest BCUT2D eigenvalue weighted by Crippen LogP contribution is -2.38. The maximum absolute atomic E-state index is 9.53. The van der Waals surface area contributed by atoms with Gasteiger partial charge in [0.25, 0.3) is 0 Å². The summed E-state index contributed by atoms with van der Waals surface area (Å²) in [4.78, 5) is 6.68. The van der Waals surface area contributed by atoms with Crippen LogP contribution in [0.15, 0.2) is 18.3 Å². The van der Waals surface area contributed by atoms with Crippen LogP contribution in [0.25, 0.3) is 0 Å². The van der Waals surface area contributed by atoms with Crippen LogP contribution in [0.5, 0.6) is 0 Å². The Balaban J connectivity index is 2.24. The van der Waals surface area contributed by atoms with Gasteiger partial charge in [0.1, 0.15) is 5.82 Å². The van der Waals surface area contributed by atoms with Crippen molar-refractivity contribution < 1.29 is 5.11 Å². The van der Waals surface area contributed by atoms with Crippen molar-refractivity contribution >= 4 is 5.82 Å². The molecule has 0 aliphatic carbocycles. The third kappa shape index (κ3) is 3.00. The first-order chi connectivity index (χ1) is 8.72. The minimum Gasteiger partial charge on any atom is -0.394 e. The lowest BCUT2D eigenvalue weighted by atomic mass is 10.1. The maximum atomic E-state index is 9.53. The summed E-state index contributed by atoms with van der Waals surface area (Å²) < 4.78 is 0. The quantitative estimate of drug-likeness (QED) is 0.858. The Morgan fingerprint density at radius 2 is 2.33 bits per heavy atom. The molecule has 4 nitrogen and oxygen atoms in total. The first-order valence-corrected chi connectivity index (χ1v) is 6.81. The van der Waals surface area contributed by atoms with Crippen LogP contribution < -0.4 is 10.6 Å². The summed E-state index contributed by atoms with van der Waals surface area (Å²) in [5.74, 6) is 0.950. The monoisotopic (exact) mass is 249 g/mol. The maximum Gasteiger partial charge on any atom is 0.129 e. The minimum atomic E-state index is 0.0197. The fourth-order valence-corrected chi connectivity index (χ4v) is 2.54. The molecule has 3 N–H and O–H groups in total. The van der Waals surface area contributed by atoms with E-state index >= 15 is 0 Å². The summed E-state index contributed by atoms with van der Waals surface area (Å²) in [6.07, 6.45) is 6.45. The van der Waals surface area contributed by atoms with E-state index in [-0.39, 0.29) is 18.7 Å². The van der Waals surface area contributed by atoms with Crippen LogP contribution in [0.4, 0.5) is 5.82 Å². The van der Waals surface area contributed by atoms with Gasteiger partial charge in [-0.25, -0.2) is 4.98 Å². The lowest BCUT2D eigenvalue weighted by Gasteiger charge is -2.30. The highest BCUT2D eigenvalue weighted by molar-refractivity contribution is 5.43. The van der Waals surface area contributed by atoms with E-state index in [0.717, 1.165) is 24.3 Å². The van der Waals surface area contributed by atoms with Gasteiger partial charge in [-0.15, -0.1) is 0 Å². The van der Waals surface area contributed by atoms with E-state index < -0.39 is 0 Å². The zero-order chi connectivity index (χ0) is 13.0. The molecule has 1 saturated heterocycles. The Labute approximate surface area is 109 Å². The summed E-state index contributed by atoms with van der Waals surface area (Å²) in [5.41, 5.74) is 7.01. The molecule has 0 radical (unpaired) electrons. The molecule has 1 aromatic rings. The third-order valence-corrected chi connectivity index (χ3v) is 3.68. The average molecular weight is 249 g/mol. The highest BCUT2D eigenvalue weighted by Crippen LogP contribution is 2.24. The largest absolute Gasteiger partial charge is 0.394 e. The molecule has 1 unspecified atom stereocenters. The van der Waals surface area contributed by atoms with Gasteiger partial charge < -0.3 is 15.7 Å². The van der Waals surface area contributed by atoms with Gasteiger partial charge >= 0.3 is 0 Å². The fraction of sp³-hybridized carbons (Fsp3) is 0.643. The highest BCUT2D eigenvalue weighted by atomic mass is 16.3. The molecule has 18 heavy (non-hydrogen) atoms. The zero-order valence-electron chi connectivity index (χ0n) is 11.0. The van der Waals surface area contributed by atoms with E-state index in [4.69, 9.17) is 5.73 Å². The summed E-state index contributed by atoms with van der Waals surface area (Å²) in [5, 5.41) is 9.53. The number of hydrogen-bond acceptors (Lipinski definition) is 4. The van der Waals surface area contributed by atoms with Crippen molar-refractivity contribution in [2.75, 3.05) is 18.1 Å². The van der Waals surface area contributed by atoms with Crippen LogP contribution in [-0.4, -0.2) is 29.3 Å². The number of nitrogens with two attached hydrogens (primary N) is 1. The first kappa shape index (κ1) is 13.3. The minimum absolute atomic E-state index is 0.0197. The van der Waals surface area contributed by atoms with Crippen molar-refractivity contribution in [3.05, 3.63) is 23.9 Å². The molecule has 1 aromatic heterocycles. The number of aliphatic hydroxyl groups excluding tert-OH is 1. The summed E-state index contributed by atoms with van der Waals surface area (Å²) >= 11 is 0. The molecule has 0 spiro atoms. The van der Waals surface area contributed by atoms with E-state index in [1.165, 1.54) is 19.3 Å². The van der Waals surface area contributed by atoms with E-state index in [9.17, 15) is 5.11 Å². The Morgan fingerprint density at radius 3 is 3.06 bits per heavy atom. The number of aromatic nitrogens is 1. The van der Waals surface area contributed by atoms with Crippen molar-refractivity contribution in [3.8, 4) is 0 Å². The Bertz CT molecular complexity index is 381. The lowest BCUT2D eigenvalue weighted by molar-refractivity contribution is 0.254. The molecule has 1 aliphatic rings. The van der Waals surface area contributed by atoms with Crippen molar-refractivity contribution in [3.63, 3.8) is 0 Å². The molecule has 0 saturated carbocycles. The van der Waals surface area contributed by atoms with Crippen molar-refractivity contribution in [1.29, 1.82) is 0 Å². The molecule has 0 amide bonds. The number of anilines is 1. The van der Waals surface area contributed by atoms with Crippen molar-refractivity contribution in [2.45, 2.75) is 44.7 Å². The van der Waals surface area contributed by atoms with Crippen LogP contribution in [0.1, 0.15) is 44.2 Å². The number of hydrogen-bond donors (Lipinski definition) is 2. The van der Waals surface area contributed by atoms with E-state index in [2.05, 4.69) is 16.0 Å². The molecule has 2 atom stereocenters.